The summed E-state index contributed by atoms with van der Waals surface area (Å²) in [6.07, 6.45) is 1.98. The first-order valence-corrected chi connectivity index (χ1v) is 7.47. The van der Waals surface area contributed by atoms with Crippen LogP contribution in [-0.4, -0.2) is 36.3 Å². The van der Waals surface area contributed by atoms with E-state index in [4.69, 9.17) is 11.6 Å². The number of hydrogen-bond acceptors (Lipinski definition) is 3. The van der Waals surface area contributed by atoms with Gasteiger partial charge in [0.1, 0.15) is 6.04 Å². The van der Waals surface area contributed by atoms with E-state index < -0.39 is 17.9 Å². The lowest BCUT2D eigenvalue weighted by Gasteiger charge is -2.14. The van der Waals surface area contributed by atoms with Crippen LogP contribution in [0, 0.1) is 0 Å². The smallest absolute Gasteiger partial charge is 0.253 e. The van der Waals surface area contributed by atoms with Crippen molar-refractivity contribution in [3.63, 3.8) is 0 Å². The molecule has 118 valence electrons. The summed E-state index contributed by atoms with van der Waals surface area (Å²) in [5.41, 5.74) is 0.301. The molecule has 1 atom stereocenters. The zero-order valence-electron chi connectivity index (χ0n) is 12.2. The lowest BCUT2D eigenvalue weighted by molar-refractivity contribution is -0.127. The van der Waals surface area contributed by atoms with Crippen LogP contribution in [0.25, 0.3) is 0 Å². The molecule has 1 fully saturated rings. The molecule has 7 heteroatoms. The Hall–Kier alpha value is -2.08. The van der Waals surface area contributed by atoms with Crippen molar-refractivity contribution in [3.05, 3.63) is 34.9 Å². The van der Waals surface area contributed by atoms with Gasteiger partial charge in [-0.2, -0.15) is 0 Å². The summed E-state index contributed by atoms with van der Waals surface area (Å²) in [6.45, 7) is 1.45. The van der Waals surface area contributed by atoms with Crippen LogP contribution in [0.2, 0.25) is 5.02 Å². The van der Waals surface area contributed by atoms with Crippen molar-refractivity contribution in [3.8, 4) is 0 Å². The molecule has 1 aromatic rings. The van der Waals surface area contributed by atoms with Gasteiger partial charge in [0.2, 0.25) is 11.8 Å². The second-order valence-electron chi connectivity index (χ2n) is 5.23. The zero-order chi connectivity index (χ0) is 16.1. The van der Waals surface area contributed by atoms with Crippen LogP contribution in [0.1, 0.15) is 30.1 Å². The van der Waals surface area contributed by atoms with E-state index in [1.54, 1.807) is 31.2 Å². The van der Waals surface area contributed by atoms with Gasteiger partial charge in [-0.3, -0.25) is 14.4 Å². The highest BCUT2D eigenvalue weighted by Gasteiger charge is 2.24. The number of benzene rings is 1. The molecular formula is C15H18ClN3O3. The van der Waals surface area contributed by atoms with Crippen LogP contribution in [0.15, 0.2) is 24.3 Å². The summed E-state index contributed by atoms with van der Waals surface area (Å²) in [5.74, 6) is -1.08. The van der Waals surface area contributed by atoms with Gasteiger partial charge < -0.3 is 16.0 Å². The van der Waals surface area contributed by atoms with Crippen molar-refractivity contribution in [2.75, 3.05) is 6.54 Å². The van der Waals surface area contributed by atoms with Crippen molar-refractivity contribution in [2.24, 2.45) is 0 Å². The van der Waals surface area contributed by atoms with Gasteiger partial charge in [0.05, 0.1) is 17.1 Å². The van der Waals surface area contributed by atoms with E-state index in [1.165, 1.54) is 0 Å². The van der Waals surface area contributed by atoms with E-state index >= 15 is 0 Å². The predicted molar refractivity (Wildman–Crippen MR) is 82.6 cm³/mol. The van der Waals surface area contributed by atoms with Crippen LogP contribution >= 0.6 is 11.6 Å². The molecule has 1 aliphatic carbocycles. The first-order chi connectivity index (χ1) is 10.5. The molecule has 0 aliphatic heterocycles. The number of nitrogens with one attached hydrogen (secondary N) is 3. The van der Waals surface area contributed by atoms with E-state index in [0.717, 1.165) is 12.8 Å². The molecular weight excluding hydrogens is 306 g/mol. The average molecular weight is 324 g/mol. The van der Waals surface area contributed by atoms with E-state index in [-0.39, 0.29) is 18.5 Å². The van der Waals surface area contributed by atoms with Crippen LogP contribution in [-0.2, 0) is 9.59 Å². The summed E-state index contributed by atoms with van der Waals surface area (Å²) < 4.78 is 0. The van der Waals surface area contributed by atoms with E-state index in [2.05, 4.69) is 16.0 Å². The third-order valence-corrected chi connectivity index (χ3v) is 3.55. The fourth-order valence-corrected chi connectivity index (χ4v) is 2.03. The Balaban J connectivity index is 1.79. The molecule has 0 radical (unpaired) electrons. The van der Waals surface area contributed by atoms with Crippen LogP contribution in [0.3, 0.4) is 0 Å². The van der Waals surface area contributed by atoms with Crippen LogP contribution in [0.5, 0.6) is 0 Å². The Labute approximate surface area is 133 Å². The average Bonchev–Trinajstić information content (AvgIpc) is 3.28. The number of hydrogen-bond donors (Lipinski definition) is 3. The molecule has 1 aromatic carbocycles. The highest BCUT2D eigenvalue weighted by molar-refractivity contribution is 6.33. The second-order valence-corrected chi connectivity index (χ2v) is 5.64. The molecule has 2 rings (SSSR count). The maximum Gasteiger partial charge on any atom is 0.253 e. The van der Waals surface area contributed by atoms with Crippen LogP contribution < -0.4 is 16.0 Å². The molecule has 0 heterocycles. The van der Waals surface area contributed by atoms with Crippen molar-refractivity contribution in [2.45, 2.75) is 31.8 Å². The number of rotatable bonds is 6. The number of halogens is 1. The SMILES string of the molecule is C[C@H](NC(=O)c1ccccc1Cl)C(=O)NCC(=O)NC1CC1. The van der Waals surface area contributed by atoms with Crippen molar-refractivity contribution >= 4 is 29.3 Å². The standard InChI is InChI=1S/C15H18ClN3O3/c1-9(14(21)17-8-13(20)19-10-6-7-10)18-15(22)11-4-2-3-5-12(11)16/h2-5,9-10H,6-8H2,1H3,(H,17,21)(H,18,22)(H,19,20)/t9-/m0/s1. The molecule has 0 aromatic heterocycles. The lowest BCUT2D eigenvalue weighted by atomic mass is 10.2. The number of carbonyl (C=O) groups is 3. The predicted octanol–water partition coefficient (Wildman–Crippen LogP) is 0.853. The molecule has 0 saturated heterocycles. The molecule has 0 unspecified atom stereocenters. The Morgan fingerprint density at radius 1 is 1.27 bits per heavy atom. The molecule has 0 bridgehead atoms. The highest BCUT2D eigenvalue weighted by atomic mass is 35.5. The molecule has 1 aliphatic rings. The largest absolute Gasteiger partial charge is 0.352 e. The minimum absolute atomic E-state index is 0.0956. The van der Waals surface area contributed by atoms with Crippen molar-refractivity contribution < 1.29 is 14.4 Å². The van der Waals surface area contributed by atoms with E-state index in [9.17, 15) is 14.4 Å². The van der Waals surface area contributed by atoms with Gasteiger partial charge in [-0.1, -0.05) is 23.7 Å². The lowest BCUT2D eigenvalue weighted by Crippen LogP contribution is -2.47. The summed E-state index contributed by atoms with van der Waals surface area (Å²) in [5, 5.41) is 8.11. The fourth-order valence-electron chi connectivity index (χ4n) is 1.81. The summed E-state index contributed by atoms with van der Waals surface area (Å²) in [6, 6.07) is 6.07. The van der Waals surface area contributed by atoms with E-state index in [0.29, 0.717) is 10.6 Å². The minimum Gasteiger partial charge on any atom is -0.352 e. The van der Waals surface area contributed by atoms with Gasteiger partial charge in [0.25, 0.3) is 5.91 Å². The third kappa shape index (κ3) is 4.73. The summed E-state index contributed by atoms with van der Waals surface area (Å²) in [7, 11) is 0. The monoisotopic (exact) mass is 323 g/mol. The molecule has 1 saturated carbocycles. The quantitative estimate of drug-likeness (QED) is 0.725. The minimum atomic E-state index is -0.766. The van der Waals surface area contributed by atoms with Crippen molar-refractivity contribution in [1.82, 2.24) is 16.0 Å². The van der Waals surface area contributed by atoms with Gasteiger partial charge in [0, 0.05) is 6.04 Å². The van der Waals surface area contributed by atoms with Gasteiger partial charge in [-0.15, -0.1) is 0 Å². The highest BCUT2D eigenvalue weighted by Crippen LogP contribution is 2.18. The summed E-state index contributed by atoms with van der Waals surface area (Å²) in [4.78, 5) is 35.4. The fraction of sp³-hybridized carbons (Fsp3) is 0.400. The Morgan fingerprint density at radius 2 is 1.95 bits per heavy atom. The maximum atomic E-state index is 12.0. The number of amides is 3. The van der Waals surface area contributed by atoms with Gasteiger partial charge in [-0.25, -0.2) is 0 Å². The molecule has 0 spiro atoms. The topological polar surface area (TPSA) is 87.3 Å². The molecule has 3 amide bonds. The Bertz CT molecular complexity index is 587. The number of carbonyl (C=O) groups excluding carboxylic acids is 3. The third-order valence-electron chi connectivity index (χ3n) is 3.23. The first-order valence-electron chi connectivity index (χ1n) is 7.10. The molecule has 22 heavy (non-hydrogen) atoms. The molecule has 6 nitrogen and oxygen atoms in total. The van der Waals surface area contributed by atoms with Gasteiger partial charge in [-0.05, 0) is 31.9 Å². The van der Waals surface area contributed by atoms with Crippen molar-refractivity contribution in [1.29, 1.82) is 0 Å². The Kier molecular flexibility index (Phi) is 5.38. The van der Waals surface area contributed by atoms with E-state index in [1.807, 2.05) is 0 Å². The zero-order valence-corrected chi connectivity index (χ0v) is 12.9. The normalized spacial score (nSPS) is 14.8. The van der Waals surface area contributed by atoms with Gasteiger partial charge in [0.15, 0.2) is 0 Å². The van der Waals surface area contributed by atoms with Gasteiger partial charge >= 0.3 is 0 Å². The summed E-state index contributed by atoms with van der Waals surface area (Å²) >= 11 is 5.92. The second kappa shape index (κ2) is 7.26. The van der Waals surface area contributed by atoms with Crippen LogP contribution in [0.4, 0.5) is 0 Å². The molecule has 3 N–H and O–H groups in total. The Morgan fingerprint density at radius 3 is 2.59 bits per heavy atom. The first kappa shape index (κ1) is 16.3. The maximum absolute atomic E-state index is 12.0.